The number of anilines is 2. The van der Waals surface area contributed by atoms with Crippen molar-refractivity contribution in [3.05, 3.63) is 53.8 Å². The first-order valence-electron chi connectivity index (χ1n) is 7.76. The van der Waals surface area contributed by atoms with Gasteiger partial charge in [-0.2, -0.15) is 0 Å². The molecule has 1 saturated heterocycles. The average Bonchev–Trinajstić information content (AvgIpc) is 3.10. The van der Waals surface area contributed by atoms with Crippen molar-refractivity contribution in [2.24, 2.45) is 0 Å². The summed E-state index contributed by atoms with van der Waals surface area (Å²) in [4.78, 5) is 1.84. The van der Waals surface area contributed by atoms with Crippen LogP contribution >= 0.6 is 0 Å². The number of hydrogen-bond acceptors (Lipinski definition) is 3. The van der Waals surface area contributed by atoms with Crippen LogP contribution < -0.4 is 9.21 Å². The molecular weight excluding hydrogens is 334 g/mol. The molecule has 0 spiro atoms. The Morgan fingerprint density at radius 2 is 1.79 bits per heavy atom. The number of para-hydroxylation sites is 2. The van der Waals surface area contributed by atoms with Crippen LogP contribution in [0.5, 0.6) is 0 Å². The van der Waals surface area contributed by atoms with Crippen LogP contribution in [0.2, 0.25) is 0 Å². The van der Waals surface area contributed by atoms with Crippen molar-refractivity contribution in [3.63, 3.8) is 0 Å². The first-order valence-corrected chi connectivity index (χ1v) is 9.20. The molecule has 126 valence electrons. The third-order valence-electron chi connectivity index (χ3n) is 4.57. The quantitative estimate of drug-likeness (QED) is 0.836. The Morgan fingerprint density at radius 1 is 1.04 bits per heavy atom. The molecule has 24 heavy (non-hydrogen) atoms. The number of halogens is 2. The Morgan fingerprint density at radius 3 is 2.46 bits per heavy atom. The van der Waals surface area contributed by atoms with Crippen LogP contribution in [-0.4, -0.2) is 27.7 Å². The van der Waals surface area contributed by atoms with Gasteiger partial charge in [-0.15, -0.1) is 0 Å². The predicted octanol–water partition coefficient (Wildman–Crippen LogP) is 3.08. The van der Waals surface area contributed by atoms with Gasteiger partial charge >= 0.3 is 0 Å². The molecule has 7 heteroatoms. The third-order valence-corrected chi connectivity index (χ3v) is 6.41. The molecule has 2 aromatic rings. The van der Waals surface area contributed by atoms with E-state index in [0.717, 1.165) is 0 Å². The Bertz CT molecular complexity index is 901. The van der Waals surface area contributed by atoms with Crippen LogP contribution in [0.15, 0.2) is 47.4 Å². The molecule has 4 nitrogen and oxygen atoms in total. The Kier molecular flexibility index (Phi) is 3.49. The number of fused-ring (bicyclic) bond motifs is 1. The zero-order chi connectivity index (χ0) is 16.9. The van der Waals surface area contributed by atoms with Crippen LogP contribution in [0.25, 0.3) is 0 Å². The van der Waals surface area contributed by atoms with E-state index in [1.54, 1.807) is 24.3 Å². The number of nitrogens with zero attached hydrogens (tertiary/aromatic N) is 2. The normalized spacial score (nSPS) is 22.0. The number of alkyl halides is 1. The molecule has 0 saturated carbocycles. The van der Waals surface area contributed by atoms with Crippen molar-refractivity contribution in [1.82, 2.24) is 0 Å². The molecular formula is C17H16F2N2O2S. The van der Waals surface area contributed by atoms with Crippen molar-refractivity contribution in [1.29, 1.82) is 0 Å². The summed E-state index contributed by atoms with van der Waals surface area (Å²) in [6, 6.07) is 11.1. The fourth-order valence-electron chi connectivity index (χ4n) is 3.37. The lowest BCUT2D eigenvalue weighted by atomic mass is 10.2. The van der Waals surface area contributed by atoms with Gasteiger partial charge in [0.25, 0.3) is 10.0 Å². The monoisotopic (exact) mass is 350 g/mol. The van der Waals surface area contributed by atoms with Gasteiger partial charge in [0.1, 0.15) is 12.0 Å². The fraction of sp³-hybridized carbons (Fsp3) is 0.294. The average molecular weight is 350 g/mol. The number of sulfonamides is 1. The van der Waals surface area contributed by atoms with E-state index in [9.17, 15) is 17.2 Å². The third kappa shape index (κ3) is 2.26. The summed E-state index contributed by atoms with van der Waals surface area (Å²) in [5.74, 6) is -0.527. The smallest absolute Gasteiger partial charge is 0.265 e. The van der Waals surface area contributed by atoms with Gasteiger partial charge < -0.3 is 4.90 Å². The Labute approximate surface area is 139 Å². The Hall–Kier alpha value is -2.15. The molecule has 0 amide bonds. The summed E-state index contributed by atoms with van der Waals surface area (Å²) in [5, 5.41) is 0. The van der Waals surface area contributed by atoms with Gasteiger partial charge in [-0.25, -0.2) is 17.2 Å². The fourth-order valence-corrected chi connectivity index (χ4v) is 5.05. The van der Waals surface area contributed by atoms with Crippen LogP contribution in [0.4, 0.5) is 20.2 Å². The van der Waals surface area contributed by atoms with Crippen molar-refractivity contribution in [3.8, 4) is 0 Å². The second-order valence-corrected chi connectivity index (χ2v) is 7.88. The SMILES string of the molecule is O=S1(=O)c2cccc(F)c2CN1c1ccccc1N1CC[C@@H](F)C1. The van der Waals surface area contributed by atoms with Gasteiger partial charge in [0.2, 0.25) is 0 Å². The molecule has 0 bridgehead atoms. The van der Waals surface area contributed by atoms with E-state index in [4.69, 9.17) is 0 Å². The second kappa shape index (κ2) is 5.44. The molecule has 4 rings (SSSR count). The molecule has 1 atom stereocenters. The summed E-state index contributed by atoms with van der Waals surface area (Å²) in [7, 11) is -3.81. The van der Waals surface area contributed by atoms with E-state index in [0.29, 0.717) is 24.3 Å². The zero-order valence-electron chi connectivity index (χ0n) is 12.8. The summed E-state index contributed by atoms with van der Waals surface area (Å²) >= 11 is 0. The minimum atomic E-state index is -3.81. The van der Waals surface area contributed by atoms with Crippen molar-refractivity contribution in [2.75, 3.05) is 22.3 Å². The van der Waals surface area contributed by atoms with Crippen LogP contribution in [0.1, 0.15) is 12.0 Å². The van der Waals surface area contributed by atoms with Gasteiger partial charge in [0, 0.05) is 18.7 Å². The lowest BCUT2D eigenvalue weighted by Gasteiger charge is -2.26. The van der Waals surface area contributed by atoms with E-state index in [-0.39, 0.29) is 23.5 Å². The first kappa shape index (κ1) is 15.4. The van der Waals surface area contributed by atoms with E-state index < -0.39 is 22.0 Å². The van der Waals surface area contributed by atoms with E-state index in [2.05, 4.69) is 0 Å². The van der Waals surface area contributed by atoms with E-state index in [1.165, 1.54) is 22.5 Å². The van der Waals surface area contributed by atoms with Gasteiger partial charge in [-0.05, 0) is 30.7 Å². The highest BCUT2D eigenvalue weighted by atomic mass is 32.2. The number of hydrogen-bond donors (Lipinski definition) is 0. The molecule has 0 aliphatic carbocycles. The molecule has 1 fully saturated rings. The highest BCUT2D eigenvalue weighted by molar-refractivity contribution is 7.93. The molecule has 0 aromatic heterocycles. The molecule has 0 radical (unpaired) electrons. The lowest BCUT2D eigenvalue weighted by Crippen LogP contribution is -2.28. The molecule has 2 aliphatic heterocycles. The van der Waals surface area contributed by atoms with Crippen molar-refractivity contribution in [2.45, 2.75) is 24.0 Å². The largest absolute Gasteiger partial charge is 0.367 e. The summed E-state index contributed by atoms with van der Waals surface area (Å²) in [6.07, 6.45) is -0.487. The van der Waals surface area contributed by atoms with Crippen molar-refractivity contribution < 1.29 is 17.2 Å². The summed E-state index contributed by atoms with van der Waals surface area (Å²) in [5.41, 5.74) is 1.30. The van der Waals surface area contributed by atoms with E-state index >= 15 is 0 Å². The highest BCUT2D eigenvalue weighted by Crippen LogP contribution is 2.41. The summed E-state index contributed by atoms with van der Waals surface area (Å²) in [6.45, 7) is 0.730. The zero-order valence-corrected chi connectivity index (χ0v) is 13.6. The van der Waals surface area contributed by atoms with Gasteiger partial charge in [-0.1, -0.05) is 18.2 Å². The predicted molar refractivity (Wildman–Crippen MR) is 87.9 cm³/mol. The minimum Gasteiger partial charge on any atom is -0.367 e. The van der Waals surface area contributed by atoms with Gasteiger partial charge in [0.05, 0.1) is 22.8 Å². The summed E-state index contributed by atoms with van der Waals surface area (Å²) < 4.78 is 54.5. The first-order chi connectivity index (χ1) is 11.5. The lowest BCUT2D eigenvalue weighted by molar-refractivity contribution is 0.364. The topological polar surface area (TPSA) is 40.6 Å². The molecule has 0 N–H and O–H groups in total. The van der Waals surface area contributed by atoms with E-state index in [1.807, 2.05) is 4.90 Å². The van der Waals surface area contributed by atoms with Gasteiger partial charge in [0.15, 0.2) is 0 Å². The number of benzene rings is 2. The second-order valence-electron chi connectivity index (χ2n) is 6.05. The number of rotatable bonds is 2. The minimum absolute atomic E-state index is 0.00194. The Balaban J connectivity index is 1.80. The van der Waals surface area contributed by atoms with Gasteiger partial charge in [-0.3, -0.25) is 4.31 Å². The van der Waals surface area contributed by atoms with Crippen LogP contribution in [0, 0.1) is 5.82 Å². The standard InChI is InChI=1S/C17H16F2N2O2S/c18-12-8-9-20(10-12)15-5-1-2-6-16(15)21-11-13-14(19)4-3-7-17(13)24(21,22)23/h1-7,12H,8-11H2/t12-/m1/s1. The molecule has 0 unspecified atom stereocenters. The maximum atomic E-state index is 14.0. The van der Waals surface area contributed by atoms with Crippen LogP contribution in [0.3, 0.4) is 0 Å². The van der Waals surface area contributed by atoms with Crippen LogP contribution in [-0.2, 0) is 16.6 Å². The van der Waals surface area contributed by atoms with Crippen molar-refractivity contribution >= 4 is 21.4 Å². The maximum Gasteiger partial charge on any atom is 0.265 e. The highest BCUT2D eigenvalue weighted by Gasteiger charge is 2.38. The molecule has 2 heterocycles. The molecule has 2 aliphatic rings. The molecule has 2 aromatic carbocycles. The maximum absolute atomic E-state index is 14.0.